The zero-order chi connectivity index (χ0) is 12.5. The molecule has 1 atom stereocenters. The van der Waals surface area contributed by atoms with E-state index in [-0.39, 0.29) is 5.78 Å². The zero-order valence-electron chi connectivity index (χ0n) is 10.4. The van der Waals surface area contributed by atoms with Crippen LogP contribution in [0.5, 0.6) is 0 Å². The lowest BCUT2D eigenvalue weighted by Crippen LogP contribution is -2.32. The van der Waals surface area contributed by atoms with Crippen molar-refractivity contribution in [2.24, 2.45) is 0 Å². The number of hydrogen-bond donors (Lipinski definition) is 1. The molecule has 0 saturated carbocycles. The SMILES string of the molecule is CCc1ccc(C(=O)CN2CCC(C)(O)C2)s1. The molecule has 0 amide bonds. The van der Waals surface area contributed by atoms with Crippen molar-refractivity contribution in [3.63, 3.8) is 0 Å². The van der Waals surface area contributed by atoms with Crippen molar-refractivity contribution < 1.29 is 9.90 Å². The molecule has 0 aliphatic carbocycles. The van der Waals surface area contributed by atoms with Crippen molar-refractivity contribution >= 4 is 17.1 Å². The normalized spacial score (nSPS) is 25.4. The Bertz CT molecular complexity index is 411. The van der Waals surface area contributed by atoms with Crippen LogP contribution in [0.25, 0.3) is 0 Å². The molecule has 0 spiro atoms. The number of carbonyl (C=O) groups is 1. The minimum absolute atomic E-state index is 0.174. The van der Waals surface area contributed by atoms with E-state index in [1.807, 2.05) is 24.0 Å². The maximum Gasteiger partial charge on any atom is 0.186 e. The first-order chi connectivity index (χ1) is 8.00. The van der Waals surface area contributed by atoms with E-state index in [0.29, 0.717) is 13.1 Å². The average molecular weight is 253 g/mol. The molecule has 94 valence electrons. The largest absolute Gasteiger partial charge is 0.389 e. The highest BCUT2D eigenvalue weighted by Gasteiger charge is 2.32. The molecule has 2 heterocycles. The molecule has 1 aliphatic heterocycles. The molecule has 1 aromatic heterocycles. The van der Waals surface area contributed by atoms with E-state index in [1.54, 1.807) is 11.3 Å². The third kappa shape index (κ3) is 3.15. The molecule has 1 unspecified atom stereocenters. The highest BCUT2D eigenvalue weighted by molar-refractivity contribution is 7.14. The predicted octanol–water partition coefficient (Wildman–Crippen LogP) is 1.95. The van der Waals surface area contributed by atoms with Gasteiger partial charge in [-0.1, -0.05) is 6.92 Å². The molecular weight excluding hydrogens is 234 g/mol. The lowest BCUT2D eigenvalue weighted by molar-refractivity contribution is 0.0670. The molecule has 1 saturated heterocycles. The quantitative estimate of drug-likeness (QED) is 0.834. The predicted molar refractivity (Wildman–Crippen MR) is 69.7 cm³/mol. The number of Topliss-reactive ketones (excluding diaryl/α,β-unsaturated/α-hetero) is 1. The third-order valence-corrected chi connectivity index (χ3v) is 4.45. The van der Waals surface area contributed by atoms with Gasteiger partial charge in [-0.05, 0) is 31.9 Å². The van der Waals surface area contributed by atoms with E-state index in [2.05, 4.69) is 6.92 Å². The van der Waals surface area contributed by atoms with Crippen LogP contribution < -0.4 is 0 Å². The van der Waals surface area contributed by atoms with Crippen LogP contribution in [-0.2, 0) is 6.42 Å². The summed E-state index contributed by atoms with van der Waals surface area (Å²) in [5.74, 6) is 0.174. The summed E-state index contributed by atoms with van der Waals surface area (Å²) >= 11 is 1.59. The number of likely N-dealkylation sites (tertiary alicyclic amines) is 1. The average Bonchev–Trinajstić information content (AvgIpc) is 2.85. The van der Waals surface area contributed by atoms with Crippen molar-refractivity contribution in [2.45, 2.75) is 32.3 Å². The number of rotatable bonds is 4. The molecular formula is C13H19NO2S. The van der Waals surface area contributed by atoms with E-state index in [1.165, 1.54) is 4.88 Å². The van der Waals surface area contributed by atoms with Gasteiger partial charge < -0.3 is 5.11 Å². The lowest BCUT2D eigenvalue weighted by Gasteiger charge is -2.17. The number of aliphatic hydroxyl groups is 1. The summed E-state index contributed by atoms with van der Waals surface area (Å²) in [6, 6.07) is 3.94. The maximum atomic E-state index is 12.0. The minimum Gasteiger partial charge on any atom is -0.389 e. The second-order valence-electron chi connectivity index (χ2n) is 5.00. The highest BCUT2D eigenvalue weighted by Crippen LogP contribution is 2.22. The van der Waals surface area contributed by atoms with Crippen LogP contribution in [-0.4, -0.2) is 41.0 Å². The van der Waals surface area contributed by atoms with Gasteiger partial charge in [0, 0.05) is 18.0 Å². The van der Waals surface area contributed by atoms with Crippen LogP contribution in [0, 0.1) is 0 Å². The van der Waals surface area contributed by atoms with E-state index in [9.17, 15) is 9.90 Å². The molecule has 0 radical (unpaired) electrons. The molecule has 1 aromatic rings. The summed E-state index contributed by atoms with van der Waals surface area (Å²) < 4.78 is 0. The zero-order valence-corrected chi connectivity index (χ0v) is 11.2. The van der Waals surface area contributed by atoms with Gasteiger partial charge in [0.25, 0.3) is 0 Å². The number of nitrogens with zero attached hydrogens (tertiary/aromatic N) is 1. The first-order valence-electron chi connectivity index (χ1n) is 6.07. The second kappa shape index (κ2) is 4.88. The summed E-state index contributed by atoms with van der Waals surface area (Å²) in [5.41, 5.74) is -0.621. The van der Waals surface area contributed by atoms with Crippen molar-refractivity contribution in [2.75, 3.05) is 19.6 Å². The van der Waals surface area contributed by atoms with E-state index in [0.717, 1.165) is 24.3 Å². The molecule has 4 heteroatoms. The summed E-state index contributed by atoms with van der Waals surface area (Å²) in [6.07, 6.45) is 1.74. The van der Waals surface area contributed by atoms with E-state index >= 15 is 0 Å². The van der Waals surface area contributed by atoms with Gasteiger partial charge in [-0.25, -0.2) is 0 Å². The lowest BCUT2D eigenvalue weighted by atomic mass is 10.1. The smallest absolute Gasteiger partial charge is 0.186 e. The Morgan fingerprint density at radius 2 is 2.35 bits per heavy atom. The Morgan fingerprint density at radius 3 is 2.88 bits per heavy atom. The fraction of sp³-hybridized carbons (Fsp3) is 0.615. The Morgan fingerprint density at radius 1 is 1.59 bits per heavy atom. The van der Waals surface area contributed by atoms with Gasteiger partial charge in [-0.15, -0.1) is 11.3 Å². The Labute approximate surface area is 106 Å². The van der Waals surface area contributed by atoms with Crippen LogP contribution in [0.4, 0.5) is 0 Å². The summed E-state index contributed by atoms with van der Waals surface area (Å²) in [5, 5.41) is 9.84. The third-order valence-electron chi connectivity index (χ3n) is 3.18. The minimum atomic E-state index is -0.621. The van der Waals surface area contributed by atoms with Crippen LogP contribution in [0.2, 0.25) is 0 Å². The van der Waals surface area contributed by atoms with Crippen molar-refractivity contribution in [3.8, 4) is 0 Å². The second-order valence-corrected chi connectivity index (χ2v) is 6.17. The first-order valence-corrected chi connectivity index (χ1v) is 6.88. The summed E-state index contributed by atoms with van der Waals surface area (Å²) in [4.78, 5) is 16.2. The van der Waals surface area contributed by atoms with Crippen LogP contribution in [0.15, 0.2) is 12.1 Å². The summed E-state index contributed by atoms with van der Waals surface area (Å²) in [7, 11) is 0. The van der Waals surface area contributed by atoms with Gasteiger partial charge in [0.1, 0.15) is 0 Å². The first kappa shape index (κ1) is 12.7. The molecule has 1 fully saturated rings. The fourth-order valence-electron chi connectivity index (χ4n) is 2.17. The monoisotopic (exact) mass is 253 g/mol. The van der Waals surface area contributed by atoms with Gasteiger partial charge in [0.15, 0.2) is 5.78 Å². The number of hydrogen-bond acceptors (Lipinski definition) is 4. The fourth-order valence-corrected chi connectivity index (χ4v) is 3.05. The van der Waals surface area contributed by atoms with Crippen molar-refractivity contribution in [1.82, 2.24) is 4.90 Å². The topological polar surface area (TPSA) is 40.5 Å². The van der Waals surface area contributed by atoms with Gasteiger partial charge >= 0.3 is 0 Å². The van der Waals surface area contributed by atoms with Gasteiger partial charge in [-0.3, -0.25) is 9.69 Å². The van der Waals surface area contributed by atoms with Crippen LogP contribution in [0.1, 0.15) is 34.8 Å². The molecule has 1 N–H and O–H groups in total. The molecule has 0 bridgehead atoms. The van der Waals surface area contributed by atoms with Crippen LogP contribution in [0.3, 0.4) is 0 Å². The number of thiophene rings is 1. The van der Waals surface area contributed by atoms with Crippen molar-refractivity contribution in [3.05, 3.63) is 21.9 Å². The Balaban J connectivity index is 1.93. The van der Waals surface area contributed by atoms with E-state index < -0.39 is 5.60 Å². The van der Waals surface area contributed by atoms with Gasteiger partial charge in [0.2, 0.25) is 0 Å². The Kier molecular flexibility index (Phi) is 3.66. The van der Waals surface area contributed by atoms with E-state index in [4.69, 9.17) is 0 Å². The summed E-state index contributed by atoms with van der Waals surface area (Å²) in [6.45, 7) is 5.77. The number of β-amino-alcohol motifs (C(OH)–C–C–N with tert-alkyl or cyclic N) is 1. The van der Waals surface area contributed by atoms with Gasteiger partial charge in [0.05, 0.1) is 17.0 Å². The standard InChI is InChI=1S/C13H19NO2S/c1-3-10-4-5-12(17-10)11(15)8-14-7-6-13(2,16)9-14/h4-5,16H,3,6-9H2,1-2H3. The van der Waals surface area contributed by atoms with Crippen LogP contribution >= 0.6 is 11.3 Å². The van der Waals surface area contributed by atoms with Crippen molar-refractivity contribution in [1.29, 1.82) is 0 Å². The molecule has 3 nitrogen and oxygen atoms in total. The maximum absolute atomic E-state index is 12.0. The molecule has 0 aromatic carbocycles. The molecule has 17 heavy (non-hydrogen) atoms. The molecule has 1 aliphatic rings. The Hall–Kier alpha value is -0.710. The molecule has 2 rings (SSSR count). The van der Waals surface area contributed by atoms with Gasteiger partial charge in [-0.2, -0.15) is 0 Å². The number of aryl methyl sites for hydroxylation is 1. The number of carbonyl (C=O) groups excluding carboxylic acids is 1. The number of ketones is 1. The highest BCUT2D eigenvalue weighted by atomic mass is 32.1.